The van der Waals surface area contributed by atoms with E-state index in [2.05, 4.69) is 6.92 Å². The number of aliphatic hydroxyl groups is 1. The van der Waals surface area contributed by atoms with Gasteiger partial charge in [0, 0.05) is 12.1 Å². The molecular weight excluding hydrogens is 470 g/mol. The lowest BCUT2D eigenvalue weighted by Crippen LogP contribution is -2.30. The van der Waals surface area contributed by atoms with Crippen molar-refractivity contribution in [1.82, 2.24) is 4.90 Å². The highest BCUT2D eigenvalue weighted by molar-refractivity contribution is 6.46. The summed E-state index contributed by atoms with van der Waals surface area (Å²) in [5.74, 6) is -1.20. The molecule has 2 aromatic rings. The highest BCUT2D eigenvalue weighted by Gasteiger charge is 2.45. The van der Waals surface area contributed by atoms with Gasteiger partial charge in [0.15, 0.2) is 0 Å². The highest BCUT2D eigenvalue weighted by atomic mass is 16.3. The predicted octanol–water partition coefficient (Wildman–Crippen LogP) is 8.90. The number of ketones is 1. The molecule has 4 heteroatoms. The van der Waals surface area contributed by atoms with Crippen molar-refractivity contribution in [3.05, 3.63) is 76.9 Å². The fourth-order valence-electron chi connectivity index (χ4n) is 5.44. The van der Waals surface area contributed by atoms with Crippen LogP contribution in [-0.4, -0.2) is 28.2 Å². The molecule has 1 saturated heterocycles. The smallest absolute Gasteiger partial charge is 0.295 e. The minimum Gasteiger partial charge on any atom is -0.507 e. The molecule has 1 amide bonds. The molecule has 1 fully saturated rings. The Kier molecular flexibility index (Phi) is 12.6. The molecule has 3 rings (SSSR count). The van der Waals surface area contributed by atoms with Crippen LogP contribution in [0.2, 0.25) is 0 Å². The average molecular weight is 518 g/mol. The molecule has 1 aliphatic heterocycles. The summed E-state index contributed by atoms with van der Waals surface area (Å²) in [6.07, 6.45) is 17.8. The second-order valence-electron chi connectivity index (χ2n) is 10.9. The topological polar surface area (TPSA) is 57.6 Å². The number of unbranched alkanes of at least 4 members (excludes halogenated alkanes) is 13. The zero-order valence-corrected chi connectivity index (χ0v) is 23.6. The van der Waals surface area contributed by atoms with E-state index in [1.54, 1.807) is 17.0 Å². The van der Waals surface area contributed by atoms with E-state index in [1.165, 1.54) is 70.6 Å². The SMILES string of the molecule is CCCCCCCCCCCCCCCCN1C(=O)C(=O)/C(=C(/O)c2ccc(C)cc2)C1c1ccccc1. The number of Topliss-reactive ketones (excluding diaryl/α,β-unsaturated/α-hetero) is 1. The van der Waals surface area contributed by atoms with Crippen molar-refractivity contribution >= 4 is 17.4 Å². The Morgan fingerprint density at radius 2 is 1.21 bits per heavy atom. The maximum absolute atomic E-state index is 13.1. The number of benzene rings is 2. The highest BCUT2D eigenvalue weighted by Crippen LogP contribution is 2.39. The molecule has 38 heavy (non-hydrogen) atoms. The summed E-state index contributed by atoms with van der Waals surface area (Å²) in [6, 6.07) is 16.4. The third-order valence-corrected chi connectivity index (χ3v) is 7.73. The van der Waals surface area contributed by atoms with Crippen molar-refractivity contribution in [1.29, 1.82) is 0 Å². The summed E-state index contributed by atoms with van der Waals surface area (Å²) >= 11 is 0. The molecule has 0 spiro atoms. The van der Waals surface area contributed by atoms with E-state index in [0.717, 1.165) is 30.4 Å². The number of hydrogen-bond acceptors (Lipinski definition) is 3. The zero-order chi connectivity index (χ0) is 27.2. The van der Waals surface area contributed by atoms with E-state index in [0.29, 0.717) is 12.1 Å². The fourth-order valence-corrected chi connectivity index (χ4v) is 5.44. The molecule has 0 aromatic heterocycles. The van der Waals surface area contributed by atoms with Gasteiger partial charge in [0.2, 0.25) is 0 Å². The third-order valence-electron chi connectivity index (χ3n) is 7.73. The number of hydrogen-bond donors (Lipinski definition) is 1. The molecule has 1 unspecified atom stereocenters. The van der Waals surface area contributed by atoms with Crippen LogP contribution < -0.4 is 0 Å². The Bertz CT molecular complexity index is 1030. The van der Waals surface area contributed by atoms with Gasteiger partial charge in [0.25, 0.3) is 11.7 Å². The van der Waals surface area contributed by atoms with Gasteiger partial charge < -0.3 is 10.0 Å². The second kappa shape index (κ2) is 16.2. The van der Waals surface area contributed by atoms with Gasteiger partial charge >= 0.3 is 0 Å². The number of likely N-dealkylation sites (tertiary alicyclic amines) is 1. The van der Waals surface area contributed by atoms with Gasteiger partial charge in [-0.2, -0.15) is 0 Å². The van der Waals surface area contributed by atoms with E-state index < -0.39 is 17.7 Å². The molecule has 1 heterocycles. The summed E-state index contributed by atoms with van der Waals surface area (Å²) in [7, 11) is 0. The molecule has 4 nitrogen and oxygen atoms in total. The average Bonchev–Trinajstić information content (AvgIpc) is 3.18. The molecule has 0 radical (unpaired) electrons. The monoisotopic (exact) mass is 517 g/mol. The number of carbonyl (C=O) groups is 2. The Morgan fingerprint density at radius 3 is 1.74 bits per heavy atom. The number of nitrogens with zero attached hydrogens (tertiary/aromatic N) is 1. The summed E-state index contributed by atoms with van der Waals surface area (Å²) in [4.78, 5) is 27.9. The lowest BCUT2D eigenvalue weighted by atomic mass is 9.95. The largest absolute Gasteiger partial charge is 0.507 e. The maximum atomic E-state index is 13.1. The standard InChI is InChI=1S/C34H47NO3/c1-3-4-5-6-7-8-9-10-11-12-13-14-15-19-26-35-31(28-20-17-16-18-21-28)30(33(37)34(35)38)32(36)29-24-22-27(2)23-25-29/h16-18,20-25,31,36H,3-15,19,26H2,1-2H3/b32-30+. The van der Waals surface area contributed by atoms with Crippen molar-refractivity contribution in [3.63, 3.8) is 0 Å². The molecule has 0 aliphatic carbocycles. The maximum Gasteiger partial charge on any atom is 0.295 e. The molecule has 1 N–H and O–H groups in total. The van der Waals surface area contributed by atoms with Crippen molar-refractivity contribution in [2.45, 2.75) is 110 Å². The first-order chi connectivity index (χ1) is 18.5. The number of aliphatic hydroxyl groups excluding tert-OH is 1. The predicted molar refractivity (Wildman–Crippen MR) is 157 cm³/mol. The van der Waals surface area contributed by atoms with E-state index in [9.17, 15) is 14.7 Å². The fraction of sp³-hybridized carbons (Fsp3) is 0.529. The Labute approximate surface area is 230 Å². The molecule has 0 bridgehead atoms. The first-order valence-electron chi connectivity index (χ1n) is 14.9. The molecular formula is C34H47NO3. The summed E-state index contributed by atoms with van der Waals surface area (Å²) in [5, 5.41) is 11.1. The van der Waals surface area contributed by atoms with E-state index in [4.69, 9.17) is 0 Å². The van der Waals surface area contributed by atoms with Crippen LogP contribution in [0.1, 0.15) is 120 Å². The summed E-state index contributed by atoms with van der Waals surface area (Å²) in [6.45, 7) is 4.76. The van der Waals surface area contributed by atoms with Crippen LogP contribution in [0.4, 0.5) is 0 Å². The van der Waals surface area contributed by atoms with E-state index >= 15 is 0 Å². The first-order valence-corrected chi connectivity index (χ1v) is 14.9. The number of carbonyl (C=O) groups excluding carboxylic acids is 2. The van der Waals surface area contributed by atoms with Crippen molar-refractivity contribution in [2.75, 3.05) is 6.54 Å². The van der Waals surface area contributed by atoms with Crippen LogP contribution in [0, 0.1) is 6.92 Å². The number of aryl methyl sites for hydroxylation is 1. The van der Waals surface area contributed by atoms with Crippen LogP contribution in [0.15, 0.2) is 60.2 Å². The number of amides is 1. The number of rotatable bonds is 17. The molecule has 1 atom stereocenters. The van der Waals surface area contributed by atoms with Crippen LogP contribution in [0.25, 0.3) is 5.76 Å². The lowest BCUT2D eigenvalue weighted by molar-refractivity contribution is -0.139. The molecule has 1 aliphatic rings. The minimum absolute atomic E-state index is 0.0966. The van der Waals surface area contributed by atoms with Crippen molar-refractivity contribution < 1.29 is 14.7 Å². The second-order valence-corrected chi connectivity index (χ2v) is 10.9. The van der Waals surface area contributed by atoms with Gasteiger partial charge in [0.05, 0.1) is 11.6 Å². The molecule has 206 valence electrons. The normalized spacial score (nSPS) is 16.9. The quantitative estimate of drug-likeness (QED) is 0.0986. The van der Waals surface area contributed by atoms with Crippen molar-refractivity contribution in [2.24, 2.45) is 0 Å². The third kappa shape index (κ3) is 8.58. The van der Waals surface area contributed by atoms with Crippen molar-refractivity contribution in [3.8, 4) is 0 Å². The van der Waals surface area contributed by atoms with Crippen LogP contribution >= 0.6 is 0 Å². The van der Waals surface area contributed by atoms with Crippen LogP contribution in [-0.2, 0) is 9.59 Å². The summed E-state index contributed by atoms with van der Waals surface area (Å²) in [5.41, 5.74) is 2.67. The minimum atomic E-state index is -0.595. The Balaban J connectivity index is 1.49. The molecule has 2 aromatic carbocycles. The van der Waals surface area contributed by atoms with Crippen LogP contribution in [0.3, 0.4) is 0 Å². The Morgan fingerprint density at radius 1 is 0.711 bits per heavy atom. The van der Waals surface area contributed by atoms with Gasteiger partial charge in [-0.25, -0.2) is 0 Å². The molecule has 0 saturated carbocycles. The lowest BCUT2D eigenvalue weighted by Gasteiger charge is -2.25. The van der Waals surface area contributed by atoms with Crippen LogP contribution in [0.5, 0.6) is 0 Å². The van der Waals surface area contributed by atoms with Gasteiger partial charge in [-0.15, -0.1) is 0 Å². The zero-order valence-electron chi connectivity index (χ0n) is 23.6. The first kappa shape index (κ1) is 29.7. The van der Waals surface area contributed by atoms with Gasteiger partial charge in [0.1, 0.15) is 5.76 Å². The van der Waals surface area contributed by atoms with E-state index in [1.807, 2.05) is 49.4 Å². The van der Waals surface area contributed by atoms with E-state index in [-0.39, 0.29) is 11.3 Å². The summed E-state index contributed by atoms with van der Waals surface area (Å²) < 4.78 is 0. The van der Waals surface area contributed by atoms with Gasteiger partial charge in [-0.05, 0) is 18.9 Å². The van der Waals surface area contributed by atoms with Gasteiger partial charge in [-0.3, -0.25) is 9.59 Å². The Hall–Kier alpha value is -2.88. The van der Waals surface area contributed by atoms with Gasteiger partial charge in [-0.1, -0.05) is 151 Å².